The number of hydrogen-bond donors (Lipinski definition) is 0. The summed E-state index contributed by atoms with van der Waals surface area (Å²) in [6, 6.07) is 12.2. The zero-order chi connectivity index (χ0) is 20.3. The van der Waals surface area contributed by atoms with Gasteiger partial charge in [0.2, 0.25) is 0 Å². The van der Waals surface area contributed by atoms with Crippen LogP contribution in [0.5, 0.6) is 11.5 Å². The van der Waals surface area contributed by atoms with Crippen molar-refractivity contribution in [1.29, 1.82) is 0 Å². The van der Waals surface area contributed by atoms with E-state index in [9.17, 15) is 9.59 Å². The lowest BCUT2D eigenvalue weighted by Crippen LogP contribution is -2.03. The predicted molar refractivity (Wildman–Crippen MR) is 110 cm³/mol. The molecule has 28 heavy (non-hydrogen) atoms. The average molecular weight is 416 g/mol. The molecule has 142 valence electrons. The number of hydrogen-bond acceptors (Lipinski definition) is 5. The third kappa shape index (κ3) is 4.68. The fraction of sp³-hybridized carbons (Fsp3) is 0.0952. The minimum absolute atomic E-state index is 0.219. The Morgan fingerprint density at radius 2 is 1.71 bits per heavy atom. The summed E-state index contributed by atoms with van der Waals surface area (Å²) in [6.45, 7) is 2.63. The molecular formula is C21H15Cl2NO4. The molecule has 0 radical (unpaired) electrons. The minimum Gasteiger partial charge on any atom is -0.424 e. The summed E-state index contributed by atoms with van der Waals surface area (Å²) in [6.07, 6.45) is 3.41. The number of carbonyl (C=O) groups is 2. The summed E-state index contributed by atoms with van der Waals surface area (Å²) < 4.78 is 10.4. The molecule has 0 fully saturated rings. The Balaban J connectivity index is 2.02. The molecule has 7 heteroatoms. The molecular weight excluding hydrogens is 401 g/mol. The zero-order valence-electron chi connectivity index (χ0n) is 15.0. The molecule has 0 spiro atoms. The first-order valence-electron chi connectivity index (χ1n) is 8.27. The van der Waals surface area contributed by atoms with Gasteiger partial charge in [0.05, 0.1) is 10.7 Å². The average Bonchev–Trinajstić information content (AvgIpc) is 2.62. The number of carbonyl (C=O) groups excluding carboxylic acids is 2. The van der Waals surface area contributed by atoms with E-state index in [2.05, 4.69) is 4.98 Å². The van der Waals surface area contributed by atoms with Crippen molar-refractivity contribution in [2.75, 3.05) is 0 Å². The SMILES string of the molecule is CC(=O)Oc1c(Cl)cc(Cl)cc1/C=C/c1ccc2cccc(OC(C)=O)c2n1. The van der Waals surface area contributed by atoms with Crippen LogP contribution >= 0.6 is 23.2 Å². The zero-order valence-corrected chi connectivity index (χ0v) is 16.5. The lowest BCUT2D eigenvalue weighted by atomic mass is 10.1. The summed E-state index contributed by atoms with van der Waals surface area (Å²) in [7, 11) is 0. The van der Waals surface area contributed by atoms with Gasteiger partial charge in [0.15, 0.2) is 11.5 Å². The van der Waals surface area contributed by atoms with Gasteiger partial charge in [-0.3, -0.25) is 9.59 Å². The Morgan fingerprint density at radius 1 is 0.964 bits per heavy atom. The van der Waals surface area contributed by atoms with Crippen LogP contribution in [0.15, 0.2) is 42.5 Å². The van der Waals surface area contributed by atoms with E-state index < -0.39 is 11.9 Å². The highest BCUT2D eigenvalue weighted by Gasteiger charge is 2.11. The number of pyridine rings is 1. The fourth-order valence-electron chi connectivity index (χ4n) is 2.60. The Bertz CT molecular complexity index is 1110. The summed E-state index contributed by atoms with van der Waals surface area (Å²) in [5.41, 5.74) is 1.70. The number of ether oxygens (including phenoxy) is 2. The lowest BCUT2D eigenvalue weighted by Gasteiger charge is -2.09. The Labute approximate surface area is 171 Å². The molecule has 5 nitrogen and oxygen atoms in total. The van der Waals surface area contributed by atoms with Gasteiger partial charge in [0.1, 0.15) is 5.52 Å². The smallest absolute Gasteiger partial charge is 0.308 e. The number of esters is 2. The molecule has 0 atom stereocenters. The third-order valence-corrected chi connectivity index (χ3v) is 4.17. The largest absolute Gasteiger partial charge is 0.424 e. The molecule has 0 amide bonds. The first kappa shape index (κ1) is 19.9. The van der Waals surface area contributed by atoms with Crippen LogP contribution < -0.4 is 9.47 Å². The van der Waals surface area contributed by atoms with Crippen molar-refractivity contribution >= 4 is 58.2 Å². The van der Waals surface area contributed by atoms with Gasteiger partial charge < -0.3 is 9.47 Å². The van der Waals surface area contributed by atoms with E-state index in [4.69, 9.17) is 32.7 Å². The summed E-state index contributed by atoms with van der Waals surface area (Å²) in [4.78, 5) is 27.2. The van der Waals surface area contributed by atoms with E-state index in [0.717, 1.165) is 5.39 Å². The minimum atomic E-state index is -0.492. The Kier molecular flexibility index (Phi) is 5.97. The monoisotopic (exact) mass is 415 g/mol. The number of benzene rings is 2. The van der Waals surface area contributed by atoms with Crippen LogP contribution in [-0.4, -0.2) is 16.9 Å². The molecule has 2 aromatic carbocycles. The van der Waals surface area contributed by atoms with Crippen molar-refractivity contribution in [2.24, 2.45) is 0 Å². The maximum absolute atomic E-state index is 11.4. The van der Waals surface area contributed by atoms with E-state index in [1.165, 1.54) is 19.9 Å². The van der Waals surface area contributed by atoms with Gasteiger partial charge >= 0.3 is 11.9 Å². The standard InChI is InChI=1S/C21H15Cl2NO4/c1-12(25)27-19-5-3-4-14-6-8-17(24-20(14)19)9-7-15-10-16(22)11-18(23)21(15)28-13(2)26/h3-11H,1-2H3/b9-7+. The molecule has 3 rings (SSSR count). The normalized spacial score (nSPS) is 11.0. The van der Waals surface area contributed by atoms with Crippen LogP contribution in [-0.2, 0) is 9.59 Å². The summed E-state index contributed by atoms with van der Waals surface area (Å²) in [5.74, 6) is -0.313. The molecule has 3 aromatic rings. The highest BCUT2D eigenvalue weighted by molar-refractivity contribution is 6.36. The highest BCUT2D eigenvalue weighted by Crippen LogP contribution is 2.34. The maximum atomic E-state index is 11.4. The van der Waals surface area contributed by atoms with Crippen molar-refractivity contribution in [3.63, 3.8) is 0 Å². The number of rotatable bonds is 4. The van der Waals surface area contributed by atoms with Crippen molar-refractivity contribution in [3.05, 3.63) is 63.8 Å². The van der Waals surface area contributed by atoms with Gasteiger partial charge in [0, 0.05) is 29.8 Å². The van der Waals surface area contributed by atoms with Gasteiger partial charge in [-0.1, -0.05) is 41.4 Å². The molecule has 0 aliphatic heterocycles. The van der Waals surface area contributed by atoms with Crippen molar-refractivity contribution in [2.45, 2.75) is 13.8 Å². The number of halogens is 2. The molecule has 0 aliphatic rings. The number of aromatic nitrogens is 1. The second-order valence-electron chi connectivity index (χ2n) is 5.89. The van der Waals surface area contributed by atoms with Crippen LogP contribution in [0.4, 0.5) is 0 Å². The first-order chi connectivity index (χ1) is 13.3. The molecule has 1 aromatic heterocycles. The van der Waals surface area contributed by atoms with E-state index in [1.807, 2.05) is 18.2 Å². The molecule has 0 saturated heterocycles. The van der Waals surface area contributed by atoms with Gasteiger partial charge in [-0.2, -0.15) is 0 Å². The number of nitrogens with zero attached hydrogens (tertiary/aromatic N) is 1. The van der Waals surface area contributed by atoms with E-state index >= 15 is 0 Å². The number of para-hydroxylation sites is 1. The summed E-state index contributed by atoms with van der Waals surface area (Å²) in [5, 5.41) is 1.47. The topological polar surface area (TPSA) is 65.5 Å². The Hall–Kier alpha value is -2.89. The lowest BCUT2D eigenvalue weighted by molar-refractivity contribution is -0.132. The molecule has 0 N–H and O–H groups in total. The molecule has 0 unspecified atom stereocenters. The van der Waals surface area contributed by atoms with Gasteiger partial charge in [-0.05, 0) is 36.4 Å². The third-order valence-electron chi connectivity index (χ3n) is 3.68. The fourth-order valence-corrected chi connectivity index (χ4v) is 3.14. The quantitative estimate of drug-likeness (QED) is 0.411. The van der Waals surface area contributed by atoms with Crippen molar-refractivity contribution < 1.29 is 19.1 Å². The van der Waals surface area contributed by atoms with E-state index in [-0.39, 0.29) is 10.8 Å². The second-order valence-corrected chi connectivity index (χ2v) is 6.73. The van der Waals surface area contributed by atoms with Gasteiger partial charge in [0.25, 0.3) is 0 Å². The van der Waals surface area contributed by atoms with E-state index in [0.29, 0.717) is 27.5 Å². The second kappa shape index (κ2) is 8.42. The molecule has 0 bridgehead atoms. The van der Waals surface area contributed by atoms with Crippen molar-refractivity contribution in [3.8, 4) is 11.5 Å². The van der Waals surface area contributed by atoms with Gasteiger partial charge in [-0.15, -0.1) is 0 Å². The number of fused-ring (bicyclic) bond motifs is 1. The predicted octanol–water partition coefficient (Wildman–Crippen LogP) is 5.56. The van der Waals surface area contributed by atoms with Crippen molar-refractivity contribution in [1.82, 2.24) is 4.98 Å². The molecule has 0 aliphatic carbocycles. The molecule has 1 heterocycles. The maximum Gasteiger partial charge on any atom is 0.308 e. The summed E-state index contributed by atoms with van der Waals surface area (Å²) >= 11 is 12.2. The van der Waals surface area contributed by atoms with Crippen LogP contribution in [0.25, 0.3) is 23.1 Å². The molecule has 0 saturated carbocycles. The van der Waals surface area contributed by atoms with Gasteiger partial charge in [-0.25, -0.2) is 4.98 Å². The first-order valence-corrected chi connectivity index (χ1v) is 9.03. The van der Waals surface area contributed by atoms with E-state index in [1.54, 1.807) is 30.4 Å². The highest BCUT2D eigenvalue weighted by atomic mass is 35.5. The van der Waals surface area contributed by atoms with Crippen LogP contribution in [0.1, 0.15) is 25.1 Å². The Morgan fingerprint density at radius 3 is 2.43 bits per heavy atom. The van der Waals surface area contributed by atoms with Crippen LogP contribution in [0.3, 0.4) is 0 Å². The van der Waals surface area contributed by atoms with Crippen LogP contribution in [0, 0.1) is 0 Å². The van der Waals surface area contributed by atoms with Crippen LogP contribution in [0.2, 0.25) is 10.0 Å².